The van der Waals surface area contributed by atoms with Gasteiger partial charge in [0.15, 0.2) is 15.0 Å². The van der Waals surface area contributed by atoms with Gasteiger partial charge in [0.1, 0.15) is 11.5 Å². The Kier molecular flexibility index (Phi) is 6.17. The maximum absolute atomic E-state index is 12.5. The highest BCUT2D eigenvalue weighted by molar-refractivity contribution is 8.16. The summed E-state index contributed by atoms with van der Waals surface area (Å²) in [5.41, 5.74) is 0.570. The van der Waals surface area contributed by atoms with Crippen LogP contribution in [0.15, 0.2) is 17.1 Å². The van der Waals surface area contributed by atoms with Gasteiger partial charge < -0.3 is 14.4 Å². The number of rotatable bonds is 5. The largest absolute Gasteiger partial charge is 0.495 e. The predicted octanol–water partition coefficient (Wildman–Crippen LogP) is 3.00. The highest BCUT2D eigenvalue weighted by Crippen LogP contribution is 2.46. The van der Waals surface area contributed by atoms with Crippen LogP contribution in [0.2, 0.25) is 5.02 Å². The van der Waals surface area contributed by atoms with Gasteiger partial charge in [-0.3, -0.25) is 4.79 Å². The molecule has 0 radical (unpaired) electrons. The van der Waals surface area contributed by atoms with E-state index in [1.54, 1.807) is 17.0 Å². The number of carbonyl (C=O) groups is 1. The van der Waals surface area contributed by atoms with Crippen molar-refractivity contribution in [2.45, 2.75) is 31.6 Å². The van der Waals surface area contributed by atoms with Gasteiger partial charge in [0.05, 0.1) is 42.5 Å². The molecule has 0 N–H and O–H groups in total. The first kappa shape index (κ1) is 21.3. The molecule has 1 aromatic rings. The van der Waals surface area contributed by atoms with E-state index in [4.69, 9.17) is 21.1 Å². The van der Waals surface area contributed by atoms with E-state index >= 15 is 0 Å². The SMILES string of the molecule is CC[C@H](C)C(=O)N=C1S[C@H]2CS(=O)(=O)C[C@@H]2N1c1cc(Cl)c(OC)cc1OC. The third kappa shape index (κ3) is 3.97. The van der Waals surface area contributed by atoms with Gasteiger partial charge in [-0.2, -0.15) is 4.99 Å². The smallest absolute Gasteiger partial charge is 0.250 e. The molecule has 1 aromatic carbocycles. The first-order chi connectivity index (χ1) is 13.2. The first-order valence-electron chi connectivity index (χ1n) is 8.91. The summed E-state index contributed by atoms with van der Waals surface area (Å²) in [6, 6.07) is 2.97. The number of nitrogens with zero attached hydrogens (tertiary/aromatic N) is 2. The van der Waals surface area contributed by atoms with E-state index < -0.39 is 9.84 Å². The van der Waals surface area contributed by atoms with Crippen LogP contribution in [-0.2, 0) is 14.6 Å². The van der Waals surface area contributed by atoms with Gasteiger partial charge in [0.2, 0.25) is 0 Å². The molecule has 0 saturated carbocycles. The fraction of sp³-hybridized carbons (Fsp3) is 0.556. The quantitative estimate of drug-likeness (QED) is 0.687. The van der Waals surface area contributed by atoms with Crippen LogP contribution in [-0.4, -0.2) is 56.5 Å². The lowest BCUT2D eigenvalue weighted by Gasteiger charge is -2.27. The molecule has 0 unspecified atom stereocenters. The number of anilines is 1. The standard InChI is InChI=1S/C18H23ClN2O5S2/c1-5-10(2)17(22)20-18-21(13-8-28(23,24)9-16(13)27-18)12-6-11(19)14(25-3)7-15(12)26-4/h6-7,10,13,16H,5,8-9H2,1-4H3/t10-,13-,16-/m0/s1. The van der Waals surface area contributed by atoms with Crippen LogP contribution < -0.4 is 14.4 Å². The van der Waals surface area contributed by atoms with E-state index in [0.717, 1.165) is 0 Å². The summed E-state index contributed by atoms with van der Waals surface area (Å²) in [4.78, 5) is 18.6. The predicted molar refractivity (Wildman–Crippen MR) is 113 cm³/mol. The number of methoxy groups -OCH3 is 2. The number of ether oxygens (including phenoxy) is 2. The van der Waals surface area contributed by atoms with Crippen molar-refractivity contribution in [2.24, 2.45) is 10.9 Å². The van der Waals surface area contributed by atoms with Crippen LogP contribution in [0.25, 0.3) is 0 Å². The zero-order valence-electron chi connectivity index (χ0n) is 16.1. The number of hydrogen-bond donors (Lipinski definition) is 0. The molecule has 2 saturated heterocycles. The van der Waals surface area contributed by atoms with E-state index in [1.807, 2.05) is 13.8 Å². The van der Waals surface area contributed by atoms with Crippen molar-refractivity contribution in [3.05, 3.63) is 17.2 Å². The van der Waals surface area contributed by atoms with Crippen molar-refractivity contribution in [3.63, 3.8) is 0 Å². The second-order valence-corrected chi connectivity index (χ2v) is 10.6. The second-order valence-electron chi connectivity index (χ2n) is 6.87. The highest BCUT2D eigenvalue weighted by Gasteiger charge is 2.50. The maximum atomic E-state index is 12.5. The zero-order valence-corrected chi connectivity index (χ0v) is 18.5. The van der Waals surface area contributed by atoms with E-state index in [9.17, 15) is 13.2 Å². The molecule has 2 aliphatic heterocycles. The molecular formula is C18H23ClN2O5S2. The summed E-state index contributed by atoms with van der Waals surface area (Å²) in [6.45, 7) is 3.75. The minimum atomic E-state index is -3.16. The monoisotopic (exact) mass is 446 g/mol. The number of halogens is 1. The van der Waals surface area contributed by atoms with Gasteiger partial charge in [-0.25, -0.2) is 8.42 Å². The Bertz CT molecular complexity index is 919. The molecule has 0 spiro atoms. The third-order valence-corrected chi connectivity index (χ3v) is 8.52. The number of amidine groups is 1. The van der Waals surface area contributed by atoms with Crippen molar-refractivity contribution in [1.29, 1.82) is 0 Å². The molecule has 1 amide bonds. The number of carbonyl (C=O) groups excluding carboxylic acids is 1. The van der Waals surface area contributed by atoms with Crippen LogP contribution in [0.1, 0.15) is 20.3 Å². The summed E-state index contributed by atoms with van der Waals surface area (Å²) >= 11 is 7.65. The van der Waals surface area contributed by atoms with Crippen LogP contribution in [0.5, 0.6) is 11.5 Å². The molecule has 2 fully saturated rings. The van der Waals surface area contributed by atoms with Crippen LogP contribution in [0.4, 0.5) is 5.69 Å². The third-order valence-electron chi connectivity index (χ3n) is 5.02. The number of amides is 1. The van der Waals surface area contributed by atoms with Crippen molar-refractivity contribution >= 4 is 50.0 Å². The molecule has 2 aliphatic rings. The molecule has 0 bridgehead atoms. The van der Waals surface area contributed by atoms with E-state index in [-0.39, 0.29) is 34.6 Å². The van der Waals surface area contributed by atoms with Gasteiger partial charge in [-0.15, -0.1) is 0 Å². The maximum Gasteiger partial charge on any atom is 0.250 e. The molecule has 3 rings (SSSR count). The molecule has 154 valence electrons. The summed E-state index contributed by atoms with van der Waals surface area (Å²) in [5, 5.41) is 0.647. The zero-order chi connectivity index (χ0) is 20.6. The second kappa shape index (κ2) is 8.12. The first-order valence-corrected chi connectivity index (χ1v) is 12.0. The normalized spacial score (nSPS) is 25.6. The van der Waals surface area contributed by atoms with Gasteiger partial charge >= 0.3 is 0 Å². The van der Waals surface area contributed by atoms with Gasteiger partial charge in [-0.1, -0.05) is 37.2 Å². The number of sulfone groups is 1. The molecule has 3 atom stereocenters. The number of aliphatic imine (C=N–C) groups is 1. The minimum Gasteiger partial charge on any atom is -0.495 e. The van der Waals surface area contributed by atoms with E-state index in [1.165, 1.54) is 26.0 Å². The van der Waals surface area contributed by atoms with Crippen LogP contribution in [0, 0.1) is 5.92 Å². The number of hydrogen-bond acceptors (Lipinski definition) is 6. The molecule has 28 heavy (non-hydrogen) atoms. The Morgan fingerprint density at radius 2 is 2.00 bits per heavy atom. The van der Waals surface area contributed by atoms with Gasteiger partial charge in [0, 0.05) is 17.2 Å². The number of benzene rings is 1. The fourth-order valence-corrected chi connectivity index (χ4v) is 7.41. The summed E-state index contributed by atoms with van der Waals surface area (Å²) in [6.07, 6.45) is 0.680. The average molecular weight is 447 g/mol. The molecule has 10 heteroatoms. The molecular weight excluding hydrogens is 424 g/mol. The Labute approximate surface area is 174 Å². The van der Waals surface area contributed by atoms with E-state index in [2.05, 4.69) is 4.99 Å². The van der Waals surface area contributed by atoms with Gasteiger partial charge in [0.25, 0.3) is 5.91 Å². The minimum absolute atomic E-state index is 0.00594. The van der Waals surface area contributed by atoms with Crippen LogP contribution in [0.3, 0.4) is 0 Å². The Morgan fingerprint density at radius 3 is 2.61 bits per heavy atom. The van der Waals surface area contributed by atoms with E-state index in [0.29, 0.717) is 33.8 Å². The topological polar surface area (TPSA) is 85.3 Å². The summed E-state index contributed by atoms with van der Waals surface area (Å²) in [7, 11) is -0.146. The number of fused-ring (bicyclic) bond motifs is 1. The average Bonchev–Trinajstić information content (AvgIpc) is 3.11. The fourth-order valence-electron chi connectivity index (χ4n) is 3.26. The van der Waals surface area contributed by atoms with Crippen molar-refractivity contribution in [2.75, 3.05) is 30.6 Å². The molecule has 0 aliphatic carbocycles. The molecule has 7 nitrogen and oxygen atoms in total. The number of thioether (sulfide) groups is 1. The Morgan fingerprint density at radius 1 is 1.32 bits per heavy atom. The van der Waals surface area contributed by atoms with Gasteiger partial charge in [-0.05, 0) is 12.5 Å². The summed E-state index contributed by atoms with van der Waals surface area (Å²) in [5.74, 6) is 0.529. The lowest BCUT2D eigenvalue weighted by atomic mass is 10.1. The Hall–Kier alpha value is -1.45. The van der Waals surface area contributed by atoms with Crippen molar-refractivity contribution in [3.8, 4) is 11.5 Å². The molecule has 2 heterocycles. The van der Waals surface area contributed by atoms with Crippen LogP contribution >= 0.6 is 23.4 Å². The highest BCUT2D eigenvalue weighted by atomic mass is 35.5. The van der Waals surface area contributed by atoms with Crippen molar-refractivity contribution < 1.29 is 22.7 Å². The lowest BCUT2D eigenvalue weighted by molar-refractivity contribution is -0.121. The Balaban J connectivity index is 2.11. The molecule has 0 aromatic heterocycles. The van der Waals surface area contributed by atoms with Crippen molar-refractivity contribution in [1.82, 2.24) is 0 Å². The lowest BCUT2D eigenvalue weighted by Crippen LogP contribution is -2.38. The summed E-state index contributed by atoms with van der Waals surface area (Å²) < 4.78 is 35.1.